The molecule has 2 aromatic rings. The maximum Gasteiger partial charge on any atom is 0.389 e. The van der Waals surface area contributed by atoms with Crippen molar-refractivity contribution in [2.75, 3.05) is 0 Å². The van der Waals surface area contributed by atoms with Crippen LogP contribution in [0.5, 0.6) is 0 Å². The summed E-state index contributed by atoms with van der Waals surface area (Å²) in [7, 11) is 0. The Morgan fingerprint density at radius 1 is 1.32 bits per heavy atom. The number of alkyl halides is 3. The molecule has 0 spiro atoms. The average molecular weight is 290 g/mol. The number of hydrogen-bond donors (Lipinski definition) is 0. The number of fused-ring (bicyclic) bond motifs is 1. The highest BCUT2D eigenvalue weighted by molar-refractivity contribution is 6.31. The summed E-state index contributed by atoms with van der Waals surface area (Å²) in [5.74, 6) is 0. The zero-order chi connectivity index (χ0) is 14.0. The molecule has 0 saturated heterocycles. The number of aldehydes is 1. The normalized spacial score (nSPS) is 12.0. The number of rotatable bonds is 4. The molecular formula is C13H11ClF3NO. The fourth-order valence-electron chi connectivity index (χ4n) is 2.02. The zero-order valence-corrected chi connectivity index (χ0v) is 10.6. The molecule has 6 heteroatoms. The van der Waals surface area contributed by atoms with E-state index < -0.39 is 12.6 Å². The summed E-state index contributed by atoms with van der Waals surface area (Å²) in [4.78, 5) is 10.9. The molecule has 0 radical (unpaired) electrons. The van der Waals surface area contributed by atoms with Crippen LogP contribution in [0.1, 0.15) is 23.2 Å². The van der Waals surface area contributed by atoms with Gasteiger partial charge in [-0.1, -0.05) is 17.7 Å². The van der Waals surface area contributed by atoms with E-state index in [9.17, 15) is 18.0 Å². The van der Waals surface area contributed by atoms with Gasteiger partial charge >= 0.3 is 6.18 Å². The van der Waals surface area contributed by atoms with Gasteiger partial charge in [-0.2, -0.15) is 13.2 Å². The first kappa shape index (κ1) is 13.9. The van der Waals surface area contributed by atoms with Crippen LogP contribution in [0.2, 0.25) is 5.02 Å². The summed E-state index contributed by atoms with van der Waals surface area (Å²) >= 11 is 5.87. The van der Waals surface area contributed by atoms with Crippen molar-refractivity contribution in [3.8, 4) is 0 Å². The maximum absolute atomic E-state index is 12.1. The van der Waals surface area contributed by atoms with Gasteiger partial charge in [-0.15, -0.1) is 0 Å². The van der Waals surface area contributed by atoms with Gasteiger partial charge in [0.05, 0.1) is 5.52 Å². The number of nitrogens with zero attached hydrogens (tertiary/aromatic N) is 1. The maximum atomic E-state index is 12.1. The Hall–Kier alpha value is -1.49. The summed E-state index contributed by atoms with van der Waals surface area (Å²) in [5, 5.41) is 1.19. The van der Waals surface area contributed by atoms with Crippen LogP contribution in [0.15, 0.2) is 24.4 Å². The topological polar surface area (TPSA) is 22.0 Å². The third-order valence-electron chi connectivity index (χ3n) is 2.86. The molecule has 1 aromatic heterocycles. The van der Waals surface area contributed by atoms with Crippen molar-refractivity contribution >= 4 is 28.8 Å². The third-order valence-corrected chi connectivity index (χ3v) is 3.10. The van der Waals surface area contributed by atoms with Gasteiger partial charge in [0.1, 0.15) is 0 Å². The number of carbonyl (C=O) groups is 1. The highest BCUT2D eigenvalue weighted by Crippen LogP contribution is 2.26. The number of hydrogen-bond acceptors (Lipinski definition) is 1. The molecule has 102 valence electrons. The Morgan fingerprint density at radius 2 is 2.05 bits per heavy atom. The second-order valence-corrected chi connectivity index (χ2v) is 4.71. The molecule has 1 heterocycles. The van der Waals surface area contributed by atoms with Crippen LogP contribution in [-0.2, 0) is 6.54 Å². The Morgan fingerprint density at radius 3 is 2.68 bits per heavy atom. The van der Waals surface area contributed by atoms with E-state index in [0.29, 0.717) is 27.8 Å². The van der Waals surface area contributed by atoms with Crippen molar-refractivity contribution < 1.29 is 18.0 Å². The van der Waals surface area contributed by atoms with Crippen LogP contribution in [0, 0.1) is 0 Å². The second-order valence-electron chi connectivity index (χ2n) is 4.28. The lowest BCUT2D eigenvalue weighted by Gasteiger charge is -2.08. The van der Waals surface area contributed by atoms with E-state index in [1.807, 2.05) is 0 Å². The lowest BCUT2D eigenvalue weighted by Crippen LogP contribution is -2.08. The molecule has 0 bridgehead atoms. The van der Waals surface area contributed by atoms with Crippen LogP contribution < -0.4 is 0 Å². The van der Waals surface area contributed by atoms with Gasteiger partial charge in [-0.05, 0) is 18.6 Å². The Balaban J connectivity index is 2.27. The van der Waals surface area contributed by atoms with Crippen LogP contribution in [0.4, 0.5) is 13.2 Å². The smallest absolute Gasteiger partial charge is 0.347 e. The number of halogens is 4. The predicted molar refractivity (Wildman–Crippen MR) is 67.6 cm³/mol. The second kappa shape index (κ2) is 5.25. The number of carbonyl (C=O) groups excluding carboxylic acids is 1. The molecule has 0 atom stereocenters. The fourth-order valence-corrected chi connectivity index (χ4v) is 2.19. The van der Waals surface area contributed by atoms with Crippen LogP contribution in [-0.4, -0.2) is 17.0 Å². The SMILES string of the molecule is O=Cc1cn(CCCC(F)(F)F)c2cc(Cl)ccc12. The van der Waals surface area contributed by atoms with Gasteiger partial charge in [-0.25, -0.2) is 0 Å². The van der Waals surface area contributed by atoms with E-state index in [1.54, 1.807) is 29.0 Å². The molecular weight excluding hydrogens is 279 g/mol. The Kier molecular flexibility index (Phi) is 3.85. The van der Waals surface area contributed by atoms with E-state index in [2.05, 4.69) is 0 Å². The van der Waals surface area contributed by atoms with Gasteiger partial charge in [0.2, 0.25) is 0 Å². The van der Waals surface area contributed by atoms with E-state index >= 15 is 0 Å². The summed E-state index contributed by atoms with van der Waals surface area (Å²) in [6.07, 6.45) is -2.78. The van der Waals surface area contributed by atoms with Crippen LogP contribution >= 0.6 is 11.6 Å². The number of benzene rings is 1. The Bertz CT molecular complexity index is 604. The summed E-state index contributed by atoms with van der Waals surface area (Å²) in [6, 6.07) is 5.00. The lowest BCUT2D eigenvalue weighted by molar-refractivity contribution is -0.135. The minimum atomic E-state index is -4.16. The lowest BCUT2D eigenvalue weighted by atomic mass is 10.2. The quantitative estimate of drug-likeness (QED) is 0.762. The molecule has 2 rings (SSSR count). The van der Waals surface area contributed by atoms with E-state index in [0.717, 1.165) is 0 Å². The van der Waals surface area contributed by atoms with Crippen molar-refractivity contribution in [2.24, 2.45) is 0 Å². The minimum absolute atomic E-state index is 0.0297. The first-order valence-electron chi connectivity index (χ1n) is 5.71. The number of aryl methyl sites for hydroxylation is 1. The van der Waals surface area contributed by atoms with Crippen LogP contribution in [0.25, 0.3) is 10.9 Å². The molecule has 0 fully saturated rings. The summed E-state index contributed by atoms with van der Waals surface area (Å²) < 4.78 is 38.0. The highest BCUT2D eigenvalue weighted by Gasteiger charge is 2.26. The first-order valence-corrected chi connectivity index (χ1v) is 6.09. The van der Waals surface area contributed by atoms with Gasteiger partial charge in [0.15, 0.2) is 6.29 Å². The monoisotopic (exact) mass is 289 g/mol. The minimum Gasteiger partial charge on any atom is -0.347 e. The van der Waals surface area contributed by atoms with E-state index in [-0.39, 0.29) is 13.0 Å². The molecule has 19 heavy (non-hydrogen) atoms. The molecule has 0 saturated carbocycles. The van der Waals surface area contributed by atoms with E-state index in [4.69, 9.17) is 11.6 Å². The largest absolute Gasteiger partial charge is 0.389 e. The van der Waals surface area contributed by atoms with Crippen LogP contribution in [0.3, 0.4) is 0 Å². The number of aromatic nitrogens is 1. The molecule has 0 unspecified atom stereocenters. The Labute approximate surface area is 112 Å². The van der Waals surface area contributed by atoms with Gasteiger partial charge < -0.3 is 4.57 Å². The molecule has 0 amide bonds. The zero-order valence-electron chi connectivity index (χ0n) is 9.88. The summed E-state index contributed by atoms with van der Waals surface area (Å²) in [5.41, 5.74) is 1.13. The van der Waals surface area contributed by atoms with Gasteiger partial charge in [0, 0.05) is 35.1 Å². The predicted octanol–water partition coefficient (Wildman–Crippen LogP) is 4.45. The van der Waals surface area contributed by atoms with Crippen molar-refractivity contribution in [1.29, 1.82) is 0 Å². The molecule has 0 aliphatic carbocycles. The first-order chi connectivity index (χ1) is 8.90. The van der Waals surface area contributed by atoms with Crippen molar-refractivity contribution in [3.63, 3.8) is 0 Å². The molecule has 0 aliphatic heterocycles. The van der Waals surface area contributed by atoms with Gasteiger partial charge in [-0.3, -0.25) is 4.79 Å². The van der Waals surface area contributed by atoms with Gasteiger partial charge in [0.25, 0.3) is 0 Å². The highest BCUT2D eigenvalue weighted by atomic mass is 35.5. The molecule has 2 nitrogen and oxygen atoms in total. The molecule has 0 N–H and O–H groups in total. The molecule has 1 aromatic carbocycles. The van der Waals surface area contributed by atoms with E-state index in [1.165, 1.54) is 0 Å². The fraction of sp³-hybridized carbons (Fsp3) is 0.308. The standard InChI is InChI=1S/C13H11ClF3NO/c14-10-2-3-11-9(8-19)7-18(12(11)6-10)5-1-4-13(15,16)17/h2-3,6-8H,1,4-5H2. The summed E-state index contributed by atoms with van der Waals surface area (Å²) in [6.45, 7) is 0.199. The third kappa shape index (κ3) is 3.29. The van der Waals surface area contributed by atoms with Crippen molar-refractivity contribution in [3.05, 3.63) is 35.0 Å². The molecule has 0 aliphatic rings. The van der Waals surface area contributed by atoms with Crippen molar-refractivity contribution in [1.82, 2.24) is 4.57 Å². The average Bonchev–Trinajstić information content (AvgIpc) is 2.65. The van der Waals surface area contributed by atoms with Crippen molar-refractivity contribution in [2.45, 2.75) is 25.6 Å².